The highest BCUT2D eigenvalue weighted by molar-refractivity contribution is 6.34. The van der Waals surface area contributed by atoms with Crippen LogP contribution in [-0.4, -0.2) is 36.0 Å². The lowest BCUT2D eigenvalue weighted by molar-refractivity contribution is -0.352. The third kappa shape index (κ3) is 3.52. The number of halogens is 5. The lowest BCUT2D eigenvalue weighted by Gasteiger charge is -2.48. The Bertz CT molecular complexity index is 1190. The van der Waals surface area contributed by atoms with Crippen LogP contribution in [-0.2, 0) is 37.1 Å². The van der Waals surface area contributed by atoms with E-state index < -0.39 is 23.1 Å². The van der Waals surface area contributed by atoms with Crippen molar-refractivity contribution in [2.24, 2.45) is 11.1 Å². The number of hydrogen-bond acceptors (Lipinski definition) is 5. The number of carbonyl (C=O) groups excluding carboxylic acids is 1. The summed E-state index contributed by atoms with van der Waals surface area (Å²) in [6, 6.07) is 8.48. The van der Waals surface area contributed by atoms with Gasteiger partial charge in [-0.15, -0.1) is 0 Å². The average molecular weight is 515 g/mol. The summed E-state index contributed by atoms with van der Waals surface area (Å²) < 4.78 is 53.7. The molecule has 1 spiro atoms. The van der Waals surface area contributed by atoms with Crippen LogP contribution in [0.2, 0.25) is 10.0 Å². The number of oxime groups is 1. The Labute approximate surface area is 203 Å². The minimum Gasteiger partial charge on any atom is -0.419 e. The highest BCUT2D eigenvalue weighted by atomic mass is 35.5. The Morgan fingerprint density at radius 1 is 1.12 bits per heavy atom. The summed E-state index contributed by atoms with van der Waals surface area (Å²) in [6.45, 7) is 4.81. The molecule has 0 aliphatic carbocycles. The second-order valence-electron chi connectivity index (χ2n) is 8.87. The van der Waals surface area contributed by atoms with E-state index in [-0.39, 0.29) is 34.4 Å². The smallest absolute Gasteiger partial charge is 0.419 e. The van der Waals surface area contributed by atoms with E-state index >= 15 is 0 Å². The zero-order valence-corrected chi connectivity index (χ0v) is 19.6. The number of nitrogens with zero attached hydrogens (tertiary/aromatic N) is 2. The van der Waals surface area contributed by atoms with Crippen LogP contribution in [0.1, 0.15) is 36.1 Å². The molecular weight excluding hydrogens is 496 g/mol. The van der Waals surface area contributed by atoms with Gasteiger partial charge in [-0.3, -0.25) is 4.79 Å². The van der Waals surface area contributed by atoms with Gasteiger partial charge in [0.25, 0.3) is 5.90 Å². The molecule has 1 fully saturated rings. The number of rotatable bonds is 3. The number of amides is 1. The van der Waals surface area contributed by atoms with E-state index in [0.717, 1.165) is 23.3 Å². The van der Waals surface area contributed by atoms with Crippen molar-refractivity contribution >= 4 is 35.0 Å². The van der Waals surface area contributed by atoms with Crippen LogP contribution in [0.5, 0.6) is 0 Å². The van der Waals surface area contributed by atoms with Gasteiger partial charge in [-0.1, -0.05) is 43.1 Å². The Morgan fingerprint density at radius 3 is 2.41 bits per heavy atom. The van der Waals surface area contributed by atoms with Crippen LogP contribution in [0, 0.1) is 5.92 Å². The highest BCUT2D eigenvalue weighted by Gasteiger charge is 2.66. The van der Waals surface area contributed by atoms with Gasteiger partial charge in [-0.05, 0) is 46.6 Å². The molecule has 0 saturated carbocycles. The molecule has 3 heterocycles. The van der Waals surface area contributed by atoms with Gasteiger partial charge in [0, 0.05) is 21.5 Å². The molecule has 2 aromatic carbocycles. The van der Waals surface area contributed by atoms with Gasteiger partial charge in [0.2, 0.25) is 5.91 Å². The molecule has 0 N–H and O–H groups in total. The van der Waals surface area contributed by atoms with Gasteiger partial charge in [0.15, 0.2) is 0 Å². The van der Waals surface area contributed by atoms with Gasteiger partial charge in [0.1, 0.15) is 5.60 Å². The number of carbonyl (C=O) groups is 1. The maximum absolute atomic E-state index is 14.1. The van der Waals surface area contributed by atoms with E-state index in [0.29, 0.717) is 18.7 Å². The molecule has 0 aromatic heterocycles. The van der Waals surface area contributed by atoms with Crippen LogP contribution >= 0.6 is 23.2 Å². The van der Waals surface area contributed by atoms with Crippen molar-refractivity contribution in [3.8, 4) is 0 Å². The summed E-state index contributed by atoms with van der Waals surface area (Å²) in [5, 5.41) is 3.60. The molecule has 5 rings (SSSR count). The summed E-state index contributed by atoms with van der Waals surface area (Å²) in [5.41, 5.74) is 0.959. The van der Waals surface area contributed by atoms with Crippen LogP contribution in [0.15, 0.2) is 41.6 Å². The number of fused-ring (bicyclic) bond motifs is 2. The fraction of sp³-hybridized carbons (Fsp3) is 0.391. The van der Waals surface area contributed by atoms with Crippen molar-refractivity contribution in [3.63, 3.8) is 0 Å². The number of benzene rings is 2. The van der Waals surface area contributed by atoms with E-state index in [1.165, 1.54) is 6.07 Å². The molecular formula is C23H19Cl2F3N2O4. The largest absolute Gasteiger partial charge is 0.475 e. The van der Waals surface area contributed by atoms with Crippen molar-refractivity contribution in [1.82, 2.24) is 4.90 Å². The van der Waals surface area contributed by atoms with Crippen molar-refractivity contribution in [2.75, 3.05) is 13.1 Å². The van der Waals surface area contributed by atoms with Gasteiger partial charge in [-0.2, -0.15) is 13.2 Å². The number of alkyl halides is 3. The first kappa shape index (κ1) is 23.3. The maximum Gasteiger partial charge on any atom is 0.475 e. The Balaban J connectivity index is 1.41. The molecule has 0 radical (unpaired) electrons. The van der Waals surface area contributed by atoms with Crippen molar-refractivity contribution < 1.29 is 32.3 Å². The van der Waals surface area contributed by atoms with Gasteiger partial charge in [0.05, 0.1) is 25.3 Å². The van der Waals surface area contributed by atoms with E-state index in [1.54, 1.807) is 23.1 Å². The predicted octanol–water partition coefficient (Wildman–Crippen LogP) is 5.34. The second-order valence-corrected chi connectivity index (χ2v) is 9.74. The SMILES string of the molecule is CC(C)C(=O)N1CC2(C1)OCc1cc(C3=NOC(c4cc(Cl)cc(Cl)c4)(C(F)(F)F)O3)ccc12. The minimum atomic E-state index is -4.98. The standard InChI is InChI=1S/C23H19Cl2F3N2O4/c1-12(2)20(31)30-10-21(11-30)18-4-3-13(5-14(18)9-32-21)19-29-34-22(33-19,23(26,27)28)15-6-16(24)8-17(25)7-15/h3-8,12H,9-11H2,1-2H3. The monoisotopic (exact) mass is 514 g/mol. The molecule has 3 aliphatic rings. The first-order valence-electron chi connectivity index (χ1n) is 10.5. The number of hydrogen-bond donors (Lipinski definition) is 0. The van der Waals surface area contributed by atoms with E-state index in [2.05, 4.69) is 5.16 Å². The summed E-state index contributed by atoms with van der Waals surface area (Å²) in [5.74, 6) is -3.57. The van der Waals surface area contributed by atoms with Crippen LogP contribution in [0.3, 0.4) is 0 Å². The molecule has 1 amide bonds. The van der Waals surface area contributed by atoms with Gasteiger partial charge < -0.3 is 19.2 Å². The summed E-state index contributed by atoms with van der Waals surface area (Å²) in [7, 11) is 0. The molecule has 0 bridgehead atoms. The lowest BCUT2D eigenvalue weighted by Crippen LogP contribution is -2.61. The fourth-order valence-electron chi connectivity index (χ4n) is 4.46. The van der Waals surface area contributed by atoms with E-state index in [9.17, 15) is 18.0 Å². The molecule has 6 nitrogen and oxygen atoms in total. The summed E-state index contributed by atoms with van der Waals surface area (Å²) in [4.78, 5) is 18.8. The van der Waals surface area contributed by atoms with Crippen LogP contribution in [0.25, 0.3) is 0 Å². The van der Waals surface area contributed by atoms with Gasteiger partial charge >= 0.3 is 12.0 Å². The molecule has 1 saturated heterocycles. The first-order chi connectivity index (χ1) is 15.9. The minimum absolute atomic E-state index is 0.00255. The Morgan fingerprint density at radius 2 is 1.79 bits per heavy atom. The van der Waals surface area contributed by atoms with Gasteiger partial charge in [-0.25, -0.2) is 0 Å². The van der Waals surface area contributed by atoms with Crippen LogP contribution < -0.4 is 0 Å². The van der Waals surface area contributed by atoms with Crippen molar-refractivity contribution in [3.05, 3.63) is 68.7 Å². The third-order valence-corrected chi connectivity index (χ3v) is 6.59. The number of likely N-dealkylation sites (tertiary alicyclic amines) is 1. The molecule has 1 atom stereocenters. The topological polar surface area (TPSA) is 60.4 Å². The molecule has 1 unspecified atom stereocenters. The predicted molar refractivity (Wildman–Crippen MR) is 117 cm³/mol. The quantitative estimate of drug-likeness (QED) is 0.554. The van der Waals surface area contributed by atoms with Crippen molar-refractivity contribution in [2.45, 2.75) is 38.0 Å². The summed E-state index contributed by atoms with van der Waals surface area (Å²) in [6.07, 6.45) is -4.98. The molecule has 34 heavy (non-hydrogen) atoms. The van der Waals surface area contributed by atoms with E-state index in [4.69, 9.17) is 37.5 Å². The van der Waals surface area contributed by atoms with Crippen molar-refractivity contribution in [1.29, 1.82) is 0 Å². The number of ether oxygens (including phenoxy) is 2. The third-order valence-electron chi connectivity index (χ3n) is 6.16. The van der Waals surface area contributed by atoms with E-state index in [1.807, 2.05) is 13.8 Å². The fourth-order valence-corrected chi connectivity index (χ4v) is 4.98. The molecule has 3 aliphatic heterocycles. The average Bonchev–Trinajstić information content (AvgIpc) is 3.34. The first-order valence-corrected chi connectivity index (χ1v) is 11.2. The zero-order chi connectivity index (χ0) is 24.5. The highest BCUT2D eigenvalue weighted by Crippen LogP contribution is 2.49. The Kier molecular flexibility index (Phi) is 5.31. The molecule has 2 aromatic rings. The maximum atomic E-state index is 14.1. The lowest BCUT2D eigenvalue weighted by atomic mass is 9.84. The molecule has 11 heteroatoms. The molecule has 180 valence electrons. The normalized spacial score (nSPS) is 22.8. The van der Waals surface area contributed by atoms with Crippen LogP contribution in [0.4, 0.5) is 13.2 Å². The summed E-state index contributed by atoms with van der Waals surface area (Å²) >= 11 is 11.8. The Hall–Kier alpha value is -2.49. The second kappa shape index (κ2) is 7.76. The zero-order valence-electron chi connectivity index (χ0n) is 18.1.